The molecule has 0 aliphatic heterocycles. The largest absolute Gasteiger partial charge is 0.494 e. The van der Waals surface area contributed by atoms with Crippen molar-refractivity contribution in [2.24, 2.45) is 0 Å². The predicted octanol–water partition coefficient (Wildman–Crippen LogP) is 4.15. The van der Waals surface area contributed by atoms with Crippen LogP contribution in [-0.2, 0) is 10.0 Å². The molecule has 7 heteroatoms. The lowest BCUT2D eigenvalue weighted by molar-refractivity contribution is 0.0755. The van der Waals surface area contributed by atoms with Crippen LogP contribution in [0.1, 0.15) is 44.0 Å². The molecule has 0 saturated carbocycles. The third-order valence-electron chi connectivity index (χ3n) is 4.10. The molecule has 0 bridgehead atoms. The third kappa shape index (κ3) is 5.73. The van der Waals surface area contributed by atoms with Gasteiger partial charge in [-0.25, -0.2) is 8.42 Å². The van der Waals surface area contributed by atoms with Crippen LogP contribution in [0.25, 0.3) is 0 Å². The molecule has 0 fully saturated rings. The second-order valence-electron chi connectivity index (χ2n) is 6.38. The number of rotatable bonds is 10. The van der Waals surface area contributed by atoms with Gasteiger partial charge in [0.25, 0.3) is 15.9 Å². The molecule has 0 aliphatic rings. The van der Waals surface area contributed by atoms with Crippen molar-refractivity contribution in [3.8, 4) is 5.75 Å². The second-order valence-corrected chi connectivity index (χ2v) is 8.06. The summed E-state index contributed by atoms with van der Waals surface area (Å²) in [5.74, 6) is 0.601. The van der Waals surface area contributed by atoms with Crippen molar-refractivity contribution in [2.45, 2.75) is 38.5 Å². The number of carbonyl (C=O) groups excluding carboxylic acids is 1. The SMILES string of the molecule is CCCN(CCC)C(=O)c1ccc(S(=O)(=O)Nc2ccc(OCC)cc2)cc1. The van der Waals surface area contributed by atoms with Crippen LogP contribution in [0.3, 0.4) is 0 Å². The standard InChI is InChI=1S/C21H28N2O4S/c1-4-15-23(16-5-2)21(24)17-7-13-20(14-8-17)28(25,26)22-18-9-11-19(12-10-18)27-6-3/h7-14,22H,4-6,15-16H2,1-3H3. The van der Waals surface area contributed by atoms with E-state index in [4.69, 9.17) is 4.74 Å². The smallest absolute Gasteiger partial charge is 0.261 e. The van der Waals surface area contributed by atoms with Gasteiger partial charge in [0.2, 0.25) is 0 Å². The Morgan fingerprint density at radius 1 is 0.929 bits per heavy atom. The molecule has 0 atom stereocenters. The van der Waals surface area contributed by atoms with Gasteiger partial charge in [0.1, 0.15) is 5.75 Å². The van der Waals surface area contributed by atoms with Crippen molar-refractivity contribution in [2.75, 3.05) is 24.4 Å². The number of amides is 1. The van der Waals surface area contributed by atoms with E-state index in [2.05, 4.69) is 4.72 Å². The Morgan fingerprint density at radius 3 is 2.00 bits per heavy atom. The first-order valence-electron chi connectivity index (χ1n) is 9.56. The van der Waals surface area contributed by atoms with Gasteiger partial charge >= 0.3 is 0 Å². The first-order valence-corrected chi connectivity index (χ1v) is 11.0. The van der Waals surface area contributed by atoms with Gasteiger partial charge in [0.05, 0.1) is 11.5 Å². The summed E-state index contributed by atoms with van der Waals surface area (Å²) >= 11 is 0. The number of carbonyl (C=O) groups is 1. The Labute approximate surface area is 167 Å². The van der Waals surface area contributed by atoms with Gasteiger partial charge in [-0.15, -0.1) is 0 Å². The minimum Gasteiger partial charge on any atom is -0.494 e. The predicted molar refractivity (Wildman–Crippen MR) is 111 cm³/mol. The Balaban J connectivity index is 2.13. The monoisotopic (exact) mass is 404 g/mol. The number of sulfonamides is 1. The Bertz CT molecular complexity index is 856. The summed E-state index contributed by atoms with van der Waals surface area (Å²) in [5, 5.41) is 0. The van der Waals surface area contributed by atoms with E-state index >= 15 is 0 Å². The summed E-state index contributed by atoms with van der Waals surface area (Å²) in [6.45, 7) is 7.85. The minimum atomic E-state index is -3.74. The Kier molecular flexibility index (Phi) is 7.87. The van der Waals surface area contributed by atoms with Crippen LogP contribution in [0.5, 0.6) is 5.75 Å². The molecule has 2 rings (SSSR count). The molecule has 0 spiro atoms. The van der Waals surface area contributed by atoms with Crippen molar-refractivity contribution in [1.29, 1.82) is 0 Å². The van der Waals surface area contributed by atoms with E-state index < -0.39 is 10.0 Å². The van der Waals surface area contributed by atoms with Crippen LogP contribution < -0.4 is 9.46 Å². The topological polar surface area (TPSA) is 75.7 Å². The lowest BCUT2D eigenvalue weighted by Gasteiger charge is -2.21. The van der Waals surface area contributed by atoms with E-state index in [0.29, 0.717) is 36.7 Å². The fraction of sp³-hybridized carbons (Fsp3) is 0.381. The van der Waals surface area contributed by atoms with Gasteiger partial charge < -0.3 is 9.64 Å². The maximum Gasteiger partial charge on any atom is 0.261 e. The van der Waals surface area contributed by atoms with Gasteiger partial charge in [0, 0.05) is 24.3 Å². The number of hydrogen-bond donors (Lipinski definition) is 1. The van der Waals surface area contributed by atoms with Crippen LogP contribution in [0.4, 0.5) is 5.69 Å². The Hall–Kier alpha value is -2.54. The summed E-state index contributed by atoms with van der Waals surface area (Å²) in [5.41, 5.74) is 0.933. The van der Waals surface area contributed by atoms with Crippen molar-refractivity contribution in [3.63, 3.8) is 0 Å². The third-order valence-corrected chi connectivity index (χ3v) is 5.50. The molecule has 0 saturated heterocycles. The van der Waals surface area contributed by atoms with E-state index in [-0.39, 0.29) is 10.8 Å². The van der Waals surface area contributed by atoms with Gasteiger partial charge in [-0.2, -0.15) is 0 Å². The molecule has 28 heavy (non-hydrogen) atoms. The number of hydrogen-bond acceptors (Lipinski definition) is 4. The van der Waals surface area contributed by atoms with Gasteiger partial charge in [0.15, 0.2) is 0 Å². The second kappa shape index (κ2) is 10.1. The van der Waals surface area contributed by atoms with Gasteiger partial charge in [-0.1, -0.05) is 13.8 Å². The van der Waals surface area contributed by atoms with E-state index in [1.807, 2.05) is 20.8 Å². The molecule has 0 aliphatic carbocycles. The van der Waals surface area contributed by atoms with Crippen molar-refractivity contribution in [3.05, 3.63) is 54.1 Å². The molecule has 0 heterocycles. The lowest BCUT2D eigenvalue weighted by atomic mass is 10.2. The van der Waals surface area contributed by atoms with Gasteiger partial charge in [-0.3, -0.25) is 9.52 Å². The highest BCUT2D eigenvalue weighted by molar-refractivity contribution is 7.92. The normalized spacial score (nSPS) is 11.1. The molecule has 2 aromatic carbocycles. The lowest BCUT2D eigenvalue weighted by Crippen LogP contribution is -2.32. The van der Waals surface area contributed by atoms with Crippen molar-refractivity contribution < 1.29 is 17.9 Å². The fourth-order valence-electron chi connectivity index (χ4n) is 2.81. The Morgan fingerprint density at radius 2 is 1.50 bits per heavy atom. The molecule has 1 N–H and O–H groups in total. The summed E-state index contributed by atoms with van der Waals surface area (Å²) in [6, 6.07) is 12.8. The molecule has 0 aromatic heterocycles. The summed E-state index contributed by atoms with van der Waals surface area (Å²) in [6.07, 6.45) is 1.76. The zero-order valence-electron chi connectivity index (χ0n) is 16.6. The number of benzene rings is 2. The molecule has 1 amide bonds. The number of nitrogens with zero attached hydrogens (tertiary/aromatic N) is 1. The maximum absolute atomic E-state index is 12.6. The van der Waals surface area contributed by atoms with Crippen LogP contribution in [-0.4, -0.2) is 38.9 Å². The van der Waals surface area contributed by atoms with Crippen molar-refractivity contribution in [1.82, 2.24) is 4.90 Å². The maximum atomic E-state index is 12.6. The van der Waals surface area contributed by atoms with Crippen molar-refractivity contribution >= 4 is 21.6 Å². The number of ether oxygens (including phenoxy) is 1. The summed E-state index contributed by atoms with van der Waals surface area (Å²) < 4.78 is 33.1. The van der Waals surface area contributed by atoms with Gasteiger partial charge in [-0.05, 0) is 68.3 Å². The minimum absolute atomic E-state index is 0.0767. The highest BCUT2D eigenvalue weighted by Crippen LogP contribution is 2.20. The molecular weight excluding hydrogens is 376 g/mol. The average Bonchev–Trinajstić information content (AvgIpc) is 2.69. The first kappa shape index (κ1) is 21.8. The molecular formula is C21H28N2O4S. The summed E-state index contributed by atoms with van der Waals surface area (Å²) in [4.78, 5) is 14.5. The van der Waals surface area contributed by atoms with Crippen LogP contribution >= 0.6 is 0 Å². The van der Waals surface area contributed by atoms with Crippen LogP contribution in [0, 0.1) is 0 Å². The molecule has 2 aromatic rings. The summed E-state index contributed by atoms with van der Waals surface area (Å²) in [7, 11) is -3.74. The molecule has 6 nitrogen and oxygen atoms in total. The molecule has 152 valence electrons. The number of anilines is 1. The zero-order valence-corrected chi connectivity index (χ0v) is 17.5. The van der Waals surface area contributed by atoms with Crippen LogP contribution in [0.15, 0.2) is 53.4 Å². The fourth-order valence-corrected chi connectivity index (χ4v) is 3.87. The highest BCUT2D eigenvalue weighted by Gasteiger charge is 2.18. The molecule has 0 radical (unpaired) electrons. The first-order chi connectivity index (χ1) is 13.4. The number of nitrogens with one attached hydrogen (secondary N) is 1. The van der Waals surface area contributed by atoms with E-state index in [1.54, 1.807) is 41.3 Å². The zero-order chi connectivity index (χ0) is 20.6. The molecule has 0 unspecified atom stereocenters. The van der Waals surface area contributed by atoms with E-state index in [9.17, 15) is 13.2 Å². The highest BCUT2D eigenvalue weighted by atomic mass is 32.2. The average molecular weight is 405 g/mol. The van der Waals surface area contributed by atoms with E-state index in [1.165, 1.54) is 12.1 Å². The van der Waals surface area contributed by atoms with E-state index in [0.717, 1.165) is 12.8 Å². The van der Waals surface area contributed by atoms with Crippen LogP contribution in [0.2, 0.25) is 0 Å². The quantitative estimate of drug-likeness (QED) is 0.645.